The Kier molecular flexibility index (Phi) is 4.57. The van der Waals surface area contributed by atoms with E-state index in [9.17, 15) is 4.79 Å². The number of benzene rings is 3. The van der Waals surface area contributed by atoms with Crippen LogP contribution >= 0.6 is 11.5 Å². The summed E-state index contributed by atoms with van der Waals surface area (Å²) in [6.45, 7) is 0.478. The average molecular weight is 361 g/mol. The van der Waals surface area contributed by atoms with Gasteiger partial charge in [-0.3, -0.25) is 4.79 Å². The highest BCUT2D eigenvalue weighted by molar-refractivity contribution is 7.12. The van der Waals surface area contributed by atoms with E-state index in [-0.39, 0.29) is 5.91 Å². The van der Waals surface area contributed by atoms with Crippen molar-refractivity contribution in [2.75, 3.05) is 5.32 Å². The summed E-state index contributed by atoms with van der Waals surface area (Å²) in [6.07, 6.45) is 0. The van der Waals surface area contributed by atoms with Gasteiger partial charge >= 0.3 is 0 Å². The molecule has 128 valence electrons. The smallest absolute Gasteiger partial charge is 0.255 e. The lowest BCUT2D eigenvalue weighted by Crippen LogP contribution is -2.11. The fraction of sp³-hybridized carbons (Fsp3) is 0.0500. The number of hydrogen-bond acceptors (Lipinski definition) is 5. The Morgan fingerprint density at radius 1 is 1.00 bits per heavy atom. The van der Waals surface area contributed by atoms with E-state index in [1.807, 2.05) is 60.7 Å². The predicted octanol–water partition coefficient (Wildman–Crippen LogP) is 4.52. The zero-order chi connectivity index (χ0) is 17.8. The summed E-state index contributed by atoms with van der Waals surface area (Å²) in [7, 11) is 0. The Labute approximate surface area is 154 Å². The standard InChI is InChI=1S/C20H15N3O2S/c24-20(15-9-10-19-18(11-15)22-23-26-19)21-16-7-4-8-17(12-16)25-13-14-5-2-1-3-6-14/h1-12H,13H2,(H,21,24). The first kappa shape index (κ1) is 16.2. The monoisotopic (exact) mass is 361 g/mol. The summed E-state index contributed by atoms with van der Waals surface area (Å²) in [5, 5.41) is 6.89. The first-order valence-electron chi connectivity index (χ1n) is 8.08. The highest BCUT2D eigenvalue weighted by atomic mass is 32.1. The first-order chi connectivity index (χ1) is 12.8. The van der Waals surface area contributed by atoms with E-state index in [0.29, 0.717) is 23.6 Å². The number of carbonyl (C=O) groups is 1. The van der Waals surface area contributed by atoms with E-state index in [1.165, 1.54) is 11.5 Å². The maximum Gasteiger partial charge on any atom is 0.255 e. The van der Waals surface area contributed by atoms with E-state index in [4.69, 9.17) is 4.74 Å². The van der Waals surface area contributed by atoms with Crippen LogP contribution in [0.3, 0.4) is 0 Å². The molecule has 3 aromatic carbocycles. The van der Waals surface area contributed by atoms with Gasteiger partial charge in [-0.2, -0.15) is 0 Å². The number of fused-ring (bicyclic) bond motifs is 1. The van der Waals surface area contributed by atoms with Crippen LogP contribution in [0.25, 0.3) is 10.2 Å². The van der Waals surface area contributed by atoms with E-state index in [2.05, 4.69) is 14.9 Å². The van der Waals surface area contributed by atoms with Crippen molar-refractivity contribution >= 4 is 33.3 Å². The molecule has 0 saturated heterocycles. The zero-order valence-electron chi connectivity index (χ0n) is 13.8. The van der Waals surface area contributed by atoms with Gasteiger partial charge in [-0.15, -0.1) is 5.10 Å². The van der Waals surface area contributed by atoms with E-state index < -0.39 is 0 Å². The number of ether oxygens (including phenoxy) is 1. The van der Waals surface area contributed by atoms with Gasteiger partial charge in [0.25, 0.3) is 5.91 Å². The molecule has 4 rings (SSSR count). The predicted molar refractivity (Wildman–Crippen MR) is 103 cm³/mol. The lowest BCUT2D eigenvalue weighted by Gasteiger charge is -2.09. The summed E-state index contributed by atoms with van der Waals surface area (Å²) in [6, 6.07) is 22.7. The Hall–Kier alpha value is -3.25. The molecule has 5 nitrogen and oxygen atoms in total. The lowest BCUT2D eigenvalue weighted by atomic mass is 10.2. The van der Waals surface area contributed by atoms with Crippen LogP contribution in [0.5, 0.6) is 5.75 Å². The third-order valence-electron chi connectivity index (χ3n) is 3.85. The topological polar surface area (TPSA) is 64.1 Å². The van der Waals surface area contributed by atoms with Gasteiger partial charge in [0.15, 0.2) is 0 Å². The third kappa shape index (κ3) is 3.70. The minimum absolute atomic E-state index is 0.194. The van der Waals surface area contributed by atoms with Gasteiger partial charge in [0.1, 0.15) is 17.9 Å². The Balaban J connectivity index is 1.45. The Morgan fingerprint density at radius 3 is 2.77 bits per heavy atom. The van der Waals surface area contributed by atoms with Crippen molar-refractivity contribution in [1.29, 1.82) is 0 Å². The molecule has 0 radical (unpaired) electrons. The number of nitrogens with one attached hydrogen (secondary N) is 1. The van der Waals surface area contributed by atoms with Crippen LogP contribution in [0.2, 0.25) is 0 Å². The number of carbonyl (C=O) groups excluding carboxylic acids is 1. The molecule has 26 heavy (non-hydrogen) atoms. The molecule has 0 aliphatic heterocycles. The largest absolute Gasteiger partial charge is 0.489 e. The molecule has 1 aromatic heterocycles. The van der Waals surface area contributed by atoms with Crippen molar-refractivity contribution < 1.29 is 9.53 Å². The van der Waals surface area contributed by atoms with Crippen LogP contribution in [0.1, 0.15) is 15.9 Å². The van der Waals surface area contributed by atoms with E-state index in [1.54, 1.807) is 12.1 Å². The lowest BCUT2D eigenvalue weighted by molar-refractivity contribution is 0.102. The van der Waals surface area contributed by atoms with Gasteiger partial charge in [0.05, 0.1) is 4.70 Å². The van der Waals surface area contributed by atoms with Crippen LogP contribution in [0.15, 0.2) is 72.8 Å². The van der Waals surface area contributed by atoms with Gasteiger partial charge in [-0.1, -0.05) is 40.9 Å². The number of rotatable bonds is 5. The van der Waals surface area contributed by atoms with Crippen molar-refractivity contribution in [2.45, 2.75) is 6.61 Å². The maximum atomic E-state index is 12.5. The number of amides is 1. The van der Waals surface area contributed by atoms with Gasteiger partial charge in [0.2, 0.25) is 0 Å². The average Bonchev–Trinajstić information content (AvgIpc) is 3.15. The fourth-order valence-electron chi connectivity index (χ4n) is 2.53. The second-order valence-electron chi connectivity index (χ2n) is 5.71. The minimum atomic E-state index is -0.194. The Bertz CT molecular complexity index is 1050. The van der Waals surface area contributed by atoms with Crippen LogP contribution in [0.4, 0.5) is 5.69 Å². The molecule has 6 heteroatoms. The molecule has 0 aliphatic carbocycles. The summed E-state index contributed by atoms with van der Waals surface area (Å²) in [5.41, 5.74) is 3.03. The van der Waals surface area contributed by atoms with Crippen LogP contribution < -0.4 is 10.1 Å². The molecule has 4 aromatic rings. The quantitative estimate of drug-likeness (QED) is 0.567. The molecule has 0 bridgehead atoms. The van der Waals surface area contributed by atoms with Crippen LogP contribution in [-0.2, 0) is 6.61 Å². The number of aromatic nitrogens is 2. The van der Waals surface area contributed by atoms with Crippen LogP contribution in [0, 0.1) is 0 Å². The maximum absolute atomic E-state index is 12.5. The molecule has 0 atom stereocenters. The molecular weight excluding hydrogens is 346 g/mol. The molecule has 1 amide bonds. The molecule has 0 spiro atoms. The van der Waals surface area contributed by atoms with Gasteiger partial charge in [0, 0.05) is 17.3 Å². The highest BCUT2D eigenvalue weighted by Gasteiger charge is 2.09. The van der Waals surface area contributed by atoms with Crippen molar-refractivity contribution in [2.24, 2.45) is 0 Å². The number of nitrogens with zero attached hydrogens (tertiary/aromatic N) is 2. The SMILES string of the molecule is O=C(Nc1cccc(OCc2ccccc2)c1)c1ccc2snnc2c1. The molecular formula is C20H15N3O2S. The molecule has 0 aliphatic rings. The number of hydrogen-bond donors (Lipinski definition) is 1. The highest BCUT2D eigenvalue weighted by Crippen LogP contribution is 2.21. The molecule has 0 saturated carbocycles. The first-order valence-corrected chi connectivity index (χ1v) is 8.85. The van der Waals surface area contributed by atoms with Gasteiger partial charge in [-0.25, -0.2) is 0 Å². The zero-order valence-corrected chi connectivity index (χ0v) is 14.6. The Morgan fingerprint density at radius 2 is 1.88 bits per heavy atom. The summed E-state index contributed by atoms with van der Waals surface area (Å²) < 4.78 is 10.6. The minimum Gasteiger partial charge on any atom is -0.489 e. The van der Waals surface area contributed by atoms with Crippen molar-refractivity contribution in [3.8, 4) is 5.75 Å². The normalized spacial score (nSPS) is 10.6. The van der Waals surface area contributed by atoms with Crippen molar-refractivity contribution in [1.82, 2.24) is 9.59 Å². The van der Waals surface area contributed by atoms with Gasteiger partial charge < -0.3 is 10.1 Å². The van der Waals surface area contributed by atoms with Crippen molar-refractivity contribution in [3.05, 3.63) is 83.9 Å². The molecule has 0 unspecified atom stereocenters. The van der Waals surface area contributed by atoms with Crippen molar-refractivity contribution in [3.63, 3.8) is 0 Å². The van der Waals surface area contributed by atoms with Crippen LogP contribution in [-0.4, -0.2) is 15.5 Å². The third-order valence-corrected chi connectivity index (χ3v) is 4.55. The van der Waals surface area contributed by atoms with Gasteiger partial charge in [-0.05, 0) is 47.4 Å². The summed E-state index contributed by atoms with van der Waals surface area (Å²) in [5.74, 6) is 0.505. The molecule has 1 heterocycles. The van der Waals surface area contributed by atoms with E-state index >= 15 is 0 Å². The van der Waals surface area contributed by atoms with E-state index in [0.717, 1.165) is 15.8 Å². The summed E-state index contributed by atoms with van der Waals surface area (Å²) in [4.78, 5) is 12.5. The second kappa shape index (κ2) is 7.33. The number of anilines is 1. The summed E-state index contributed by atoms with van der Waals surface area (Å²) >= 11 is 1.31. The second-order valence-corrected chi connectivity index (χ2v) is 6.50. The molecule has 0 fully saturated rings. The molecule has 1 N–H and O–H groups in total. The fourth-order valence-corrected chi connectivity index (χ4v) is 3.07.